The number of methoxy groups -OCH3 is 1. The van der Waals surface area contributed by atoms with E-state index in [0.29, 0.717) is 0 Å². The van der Waals surface area contributed by atoms with Gasteiger partial charge in [0.05, 0.1) is 13.2 Å². The minimum absolute atomic E-state index is 0.317. The zero-order chi connectivity index (χ0) is 16.9. The molecule has 0 saturated carbocycles. The molecule has 1 fully saturated rings. The van der Waals surface area contributed by atoms with E-state index < -0.39 is 42.8 Å². The monoisotopic (exact) mass is 313 g/mol. The molecular formula is C14H19NO7. The molecule has 0 bridgehead atoms. The maximum Gasteiger partial charge on any atom is 0.335 e. The van der Waals surface area contributed by atoms with Crippen LogP contribution in [-0.4, -0.2) is 43.5 Å². The Hall–Kier alpha value is -2.14. The first-order valence-electron chi connectivity index (χ1n) is 6.78. The number of rotatable bonds is 4. The Morgan fingerprint density at radius 3 is 2.32 bits per heavy atom. The van der Waals surface area contributed by atoms with Gasteiger partial charge in [0.15, 0.2) is 12.2 Å². The summed E-state index contributed by atoms with van der Waals surface area (Å²) in [5.41, 5.74) is 0. The van der Waals surface area contributed by atoms with Gasteiger partial charge < -0.3 is 18.9 Å². The van der Waals surface area contributed by atoms with E-state index in [1.807, 2.05) is 0 Å². The molecule has 1 aliphatic rings. The summed E-state index contributed by atoms with van der Waals surface area (Å²) in [7, 11) is 1.22. The third-order valence-electron chi connectivity index (χ3n) is 3.58. The number of carbonyl (C=O) groups is 3. The second kappa shape index (κ2) is 7.75. The summed E-state index contributed by atoms with van der Waals surface area (Å²) in [5, 5.41) is 8.50. The van der Waals surface area contributed by atoms with E-state index in [1.54, 1.807) is 19.9 Å². The minimum atomic E-state index is -1.26. The highest BCUT2D eigenvalue weighted by atomic mass is 16.7. The lowest BCUT2D eigenvalue weighted by Gasteiger charge is -2.41. The van der Waals surface area contributed by atoms with Crippen molar-refractivity contribution in [1.29, 1.82) is 5.26 Å². The van der Waals surface area contributed by atoms with Crippen molar-refractivity contribution >= 4 is 17.9 Å². The Bertz CT molecular complexity index is 484. The molecule has 1 heterocycles. The Labute approximate surface area is 128 Å². The number of nitriles is 1. The van der Waals surface area contributed by atoms with E-state index in [-0.39, 0.29) is 11.8 Å². The van der Waals surface area contributed by atoms with Gasteiger partial charge in [-0.1, -0.05) is 13.8 Å². The van der Waals surface area contributed by atoms with Crippen LogP contribution < -0.4 is 0 Å². The van der Waals surface area contributed by atoms with Crippen LogP contribution in [0.15, 0.2) is 0 Å². The fourth-order valence-electron chi connectivity index (χ4n) is 2.24. The molecule has 8 heteroatoms. The van der Waals surface area contributed by atoms with Crippen LogP contribution in [-0.2, 0) is 33.3 Å². The standard InChI is InChI=1S/C14H19NO7/c1-7-8(2)12(20-9(3)16)14(21-10(17)5-6-15)22-11(7)13(18)19-4/h7-8,11-12,14H,5H2,1-4H3. The van der Waals surface area contributed by atoms with Crippen molar-refractivity contribution in [2.24, 2.45) is 11.8 Å². The summed E-state index contributed by atoms with van der Waals surface area (Å²) in [4.78, 5) is 34.5. The van der Waals surface area contributed by atoms with Gasteiger partial charge in [0.1, 0.15) is 6.42 Å². The fourth-order valence-corrected chi connectivity index (χ4v) is 2.24. The molecule has 5 unspecified atom stereocenters. The Morgan fingerprint density at radius 2 is 1.82 bits per heavy atom. The van der Waals surface area contributed by atoms with Crippen LogP contribution in [0.2, 0.25) is 0 Å². The van der Waals surface area contributed by atoms with Gasteiger partial charge in [-0.25, -0.2) is 4.79 Å². The molecule has 8 nitrogen and oxygen atoms in total. The van der Waals surface area contributed by atoms with Crippen molar-refractivity contribution in [3.05, 3.63) is 0 Å². The minimum Gasteiger partial charge on any atom is -0.467 e. The summed E-state index contributed by atoms with van der Waals surface area (Å²) >= 11 is 0. The average Bonchev–Trinajstić information content (AvgIpc) is 2.45. The molecule has 0 spiro atoms. The number of hydrogen-bond donors (Lipinski definition) is 0. The lowest BCUT2D eigenvalue weighted by molar-refractivity contribution is -0.267. The number of hydrogen-bond acceptors (Lipinski definition) is 8. The molecule has 0 radical (unpaired) electrons. The van der Waals surface area contributed by atoms with Crippen LogP contribution in [0.5, 0.6) is 0 Å². The molecule has 0 aromatic rings. The Balaban J connectivity index is 2.98. The quantitative estimate of drug-likeness (QED) is 0.546. The van der Waals surface area contributed by atoms with Crippen LogP contribution in [0.1, 0.15) is 27.2 Å². The SMILES string of the molecule is COC(=O)C1OC(OC(=O)CC#N)C(OC(C)=O)C(C)C1C. The van der Waals surface area contributed by atoms with Crippen molar-refractivity contribution < 1.29 is 33.3 Å². The van der Waals surface area contributed by atoms with Crippen molar-refractivity contribution in [3.63, 3.8) is 0 Å². The van der Waals surface area contributed by atoms with Crippen LogP contribution in [0, 0.1) is 23.2 Å². The molecule has 1 aliphatic heterocycles. The summed E-state index contributed by atoms with van der Waals surface area (Å²) in [6.07, 6.45) is -3.55. The summed E-state index contributed by atoms with van der Waals surface area (Å²) in [5.74, 6) is -2.63. The highest BCUT2D eigenvalue weighted by Crippen LogP contribution is 2.34. The lowest BCUT2D eigenvalue weighted by atomic mass is 9.83. The molecular weight excluding hydrogens is 294 g/mol. The van der Waals surface area contributed by atoms with E-state index in [0.717, 1.165) is 0 Å². The van der Waals surface area contributed by atoms with Gasteiger partial charge in [0, 0.05) is 12.8 Å². The van der Waals surface area contributed by atoms with Crippen LogP contribution in [0.3, 0.4) is 0 Å². The van der Waals surface area contributed by atoms with Gasteiger partial charge in [-0.15, -0.1) is 0 Å². The van der Waals surface area contributed by atoms with Gasteiger partial charge in [-0.2, -0.15) is 5.26 Å². The van der Waals surface area contributed by atoms with E-state index in [2.05, 4.69) is 4.74 Å². The van der Waals surface area contributed by atoms with Gasteiger partial charge in [-0.3, -0.25) is 9.59 Å². The number of ether oxygens (including phenoxy) is 4. The van der Waals surface area contributed by atoms with Crippen molar-refractivity contribution in [3.8, 4) is 6.07 Å². The summed E-state index contributed by atoms with van der Waals surface area (Å²) in [6, 6.07) is 1.65. The molecule has 5 atom stereocenters. The van der Waals surface area contributed by atoms with Crippen LogP contribution >= 0.6 is 0 Å². The molecule has 0 aliphatic carbocycles. The Morgan fingerprint density at radius 1 is 1.18 bits per heavy atom. The average molecular weight is 313 g/mol. The first kappa shape index (κ1) is 17.9. The molecule has 1 saturated heterocycles. The summed E-state index contributed by atoms with van der Waals surface area (Å²) in [6.45, 7) is 4.72. The predicted molar refractivity (Wildman–Crippen MR) is 70.9 cm³/mol. The van der Waals surface area contributed by atoms with E-state index in [4.69, 9.17) is 19.5 Å². The third-order valence-corrected chi connectivity index (χ3v) is 3.58. The normalized spacial score (nSPS) is 30.8. The summed E-state index contributed by atoms with van der Waals surface area (Å²) < 4.78 is 20.3. The van der Waals surface area contributed by atoms with Crippen LogP contribution in [0.4, 0.5) is 0 Å². The largest absolute Gasteiger partial charge is 0.467 e. The molecule has 122 valence electrons. The molecule has 0 amide bonds. The Kier molecular flexibility index (Phi) is 6.31. The molecule has 22 heavy (non-hydrogen) atoms. The maximum absolute atomic E-state index is 11.8. The zero-order valence-electron chi connectivity index (χ0n) is 12.9. The molecule has 0 aromatic heterocycles. The smallest absolute Gasteiger partial charge is 0.335 e. The molecule has 0 N–H and O–H groups in total. The number of carbonyl (C=O) groups excluding carboxylic acids is 3. The first-order valence-corrected chi connectivity index (χ1v) is 6.78. The maximum atomic E-state index is 11.8. The molecule has 0 aromatic carbocycles. The first-order chi connectivity index (χ1) is 10.3. The highest BCUT2D eigenvalue weighted by molar-refractivity contribution is 5.75. The van der Waals surface area contributed by atoms with E-state index >= 15 is 0 Å². The van der Waals surface area contributed by atoms with Crippen LogP contribution in [0.25, 0.3) is 0 Å². The zero-order valence-corrected chi connectivity index (χ0v) is 12.9. The highest BCUT2D eigenvalue weighted by Gasteiger charge is 2.48. The van der Waals surface area contributed by atoms with Crippen molar-refractivity contribution in [2.75, 3.05) is 7.11 Å². The van der Waals surface area contributed by atoms with E-state index in [1.165, 1.54) is 14.0 Å². The van der Waals surface area contributed by atoms with Gasteiger partial charge in [0.2, 0.25) is 6.29 Å². The van der Waals surface area contributed by atoms with Crippen molar-refractivity contribution in [1.82, 2.24) is 0 Å². The third kappa shape index (κ3) is 4.18. The lowest BCUT2D eigenvalue weighted by Crippen LogP contribution is -2.55. The number of nitrogens with zero attached hydrogens (tertiary/aromatic N) is 1. The second-order valence-corrected chi connectivity index (χ2v) is 5.07. The second-order valence-electron chi connectivity index (χ2n) is 5.07. The van der Waals surface area contributed by atoms with Gasteiger partial charge >= 0.3 is 17.9 Å². The van der Waals surface area contributed by atoms with Gasteiger partial charge in [0.25, 0.3) is 0 Å². The topological polar surface area (TPSA) is 112 Å². The fraction of sp³-hybridized carbons (Fsp3) is 0.714. The van der Waals surface area contributed by atoms with Gasteiger partial charge in [-0.05, 0) is 5.92 Å². The number of esters is 3. The molecule has 1 rings (SSSR count). The van der Waals surface area contributed by atoms with E-state index in [9.17, 15) is 14.4 Å². The predicted octanol–water partition coefficient (Wildman–Crippen LogP) is 0.545. The van der Waals surface area contributed by atoms with Crippen molar-refractivity contribution in [2.45, 2.75) is 45.7 Å².